The third-order valence-corrected chi connectivity index (χ3v) is 3.55. The van der Waals surface area contributed by atoms with Gasteiger partial charge in [0, 0.05) is 19.2 Å². The molecule has 1 aliphatic carbocycles. The van der Waals surface area contributed by atoms with Crippen LogP contribution in [0.15, 0.2) is 15.7 Å². The van der Waals surface area contributed by atoms with Crippen LogP contribution in [0.3, 0.4) is 0 Å². The molecule has 1 aromatic rings. The first-order chi connectivity index (χ1) is 10.2. The van der Waals surface area contributed by atoms with Crippen molar-refractivity contribution in [2.45, 2.75) is 38.3 Å². The van der Waals surface area contributed by atoms with Gasteiger partial charge in [0.05, 0.1) is 6.54 Å². The Bertz CT molecular complexity index is 508. The van der Waals surface area contributed by atoms with Gasteiger partial charge in [0.25, 0.3) is 5.91 Å². The van der Waals surface area contributed by atoms with Crippen LogP contribution in [0.25, 0.3) is 0 Å². The molecule has 0 aromatic carbocycles. The lowest BCUT2D eigenvalue weighted by Crippen LogP contribution is -2.44. The Labute approximate surface area is 122 Å². The van der Waals surface area contributed by atoms with Crippen molar-refractivity contribution in [2.24, 2.45) is 10.9 Å². The number of hydrogen-bond acceptors (Lipinski definition) is 6. The molecule has 0 aliphatic heterocycles. The summed E-state index contributed by atoms with van der Waals surface area (Å²) in [5, 5.41) is 15.4. The van der Waals surface area contributed by atoms with E-state index in [1.54, 1.807) is 11.0 Å². The number of amides is 1. The molecule has 1 aromatic heterocycles. The lowest BCUT2D eigenvalue weighted by Gasteiger charge is -2.27. The summed E-state index contributed by atoms with van der Waals surface area (Å²) in [6, 6.07) is 1.64. The quantitative estimate of drug-likeness (QED) is 0.349. The standard InChI is InChI=1S/C13H20N4O4/c1-20-8-10-6-11(16-21-10)13(18)17(7-12(14)15-19)9-4-2-3-5-9/h6,9,19H,2-5,7-8H2,1H3,(H2,14,15). The van der Waals surface area contributed by atoms with Gasteiger partial charge in [0.2, 0.25) is 0 Å². The second-order valence-corrected chi connectivity index (χ2v) is 5.07. The maximum absolute atomic E-state index is 12.6. The van der Waals surface area contributed by atoms with Crippen LogP contribution in [0.5, 0.6) is 0 Å². The van der Waals surface area contributed by atoms with Crippen molar-refractivity contribution in [3.8, 4) is 0 Å². The van der Waals surface area contributed by atoms with Crippen molar-refractivity contribution in [3.63, 3.8) is 0 Å². The zero-order valence-corrected chi connectivity index (χ0v) is 12.0. The van der Waals surface area contributed by atoms with Crippen LogP contribution in [0.4, 0.5) is 0 Å². The largest absolute Gasteiger partial charge is 0.409 e. The Hall–Kier alpha value is -2.09. The average molecular weight is 296 g/mol. The van der Waals surface area contributed by atoms with E-state index in [2.05, 4.69) is 10.3 Å². The first-order valence-electron chi connectivity index (χ1n) is 6.87. The Morgan fingerprint density at radius 1 is 1.62 bits per heavy atom. The van der Waals surface area contributed by atoms with Gasteiger partial charge in [-0.25, -0.2) is 0 Å². The Morgan fingerprint density at radius 3 is 2.95 bits per heavy atom. The average Bonchev–Trinajstić information content (AvgIpc) is 3.15. The number of carbonyl (C=O) groups excluding carboxylic acids is 1. The monoisotopic (exact) mass is 296 g/mol. The van der Waals surface area contributed by atoms with Gasteiger partial charge >= 0.3 is 0 Å². The molecule has 1 amide bonds. The van der Waals surface area contributed by atoms with Crippen molar-refractivity contribution in [2.75, 3.05) is 13.7 Å². The molecule has 8 nitrogen and oxygen atoms in total. The Kier molecular flexibility index (Phi) is 5.15. The van der Waals surface area contributed by atoms with Gasteiger partial charge in [-0.3, -0.25) is 4.79 Å². The van der Waals surface area contributed by atoms with Gasteiger partial charge in [-0.15, -0.1) is 0 Å². The summed E-state index contributed by atoms with van der Waals surface area (Å²) in [4.78, 5) is 14.2. The smallest absolute Gasteiger partial charge is 0.276 e. The van der Waals surface area contributed by atoms with Crippen molar-refractivity contribution < 1.29 is 19.3 Å². The molecule has 2 rings (SSSR count). The van der Waals surface area contributed by atoms with Crippen LogP contribution in [-0.2, 0) is 11.3 Å². The predicted octanol–water partition coefficient (Wildman–Crippen LogP) is 0.952. The molecule has 0 unspecified atom stereocenters. The van der Waals surface area contributed by atoms with Crippen molar-refractivity contribution >= 4 is 11.7 Å². The predicted molar refractivity (Wildman–Crippen MR) is 73.9 cm³/mol. The number of methoxy groups -OCH3 is 1. The topological polar surface area (TPSA) is 114 Å². The lowest BCUT2D eigenvalue weighted by atomic mass is 10.2. The van der Waals surface area contributed by atoms with Crippen molar-refractivity contribution in [1.29, 1.82) is 0 Å². The fourth-order valence-electron chi connectivity index (χ4n) is 2.56. The SMILES string of the molecule is COCc1cc(C(=O)N(CC(N)=NO)C2CCCC2)no1. The van der Waals surface area contributed by atoms with Crippen LogP contribution >= 0.6 is 0 Å². The summed E-state index contributed by atoms with van der Waals surface area (Å²) in [5.74, 6) is 0.200. The highest BCUT2D eigenvalue weighted by molar-refractivity contribution is 5.95. The number of carbonyl (C=O) groups is 1. The fourth-order valence-corrected chi connectivity index (χ4v) is 2.56. The molecular formula is C13H20N4O4. The number of nitrogens with two attached hydrogens (primary N) is 1. The van der Waals surface area contributed by atoms with Gasteiger partial charge in [0.15, 0.2) is 17.3 Å². The summed E-state index contributed by atoms with van der Waals surface area (Å²) in [5.41, 5.74) is 5.76. The third-order valence-electron chi connectivity index (χ3n) is 3.55. The van der Waals surface area contributed by atoms with Gasteiger partial charge in [-0.05, 0) is 12.8 Å². The normalized spacial score (nSPS) is 16.3. The minimum absolute atomic E-state index is 0.00383. The number of amidine groups is 1. The van der Waals surface area contributed by atoms with E-state index in [1.165, 1.54) is 7.11 Å². The maximum Gasteiger partial charge on any atom is 0.276 e. The van der Waals surface area contributed by atoms with E-state index in [-0.39, 0.29) is 36.6 Å². The highest BCUT2D eigenvalue weighted by Crippen LogP contribution is 2.24. The van der Waals surface area contributed by atoms with Crippen LogP contribution in [0.2, 0.25) is 0 Å². The lowest BCUT2D eigenvalue weighted by molar-refractivity contribution is 0.0701. The van der Waals surface area contributed by atoms with E-state index < -0.39 is 0 Å². The molecule has 0 atom stereocenters. The summed E-state index contributed by atoms with van der Waals surface area (Å²) < 4.78 is 9.97. The minimum Gasteiger partial charge on any atom is -0.409 e. The van der Waals surface area contributed by atoms with Crippen LogP contribution in [-0.4, -0.2) is 46.7 Å². The second-order valence-electron chi connectivity index (χ2n) is 5.07. The van der Waals surface area contributed by atoms with Crippen LogP contribution < -0.4 is 5.73 Å². The van der Waals surface area contributed by atoms with E-state index in [1.807, 2.05) is 0 Å². The number of aromatic nitrogens is 1. The molecule has 8 heteroatoms. The van der Waals surface area contributed by atoms with Gasteiger partial charge in [-0.2, -0.15) is 0 Å². The Balaban J connectivity index is 2.15. The van der Waals surface area contributed by atoms with E-state index >= 15 is 0 Å². The zero-order chi connectivity index (χ0) is 15.2. The van der Waals surface area contributed by atoms with E-state index in [0.29, 0.717) is 5.76 Å². The Morgan fingerprint density at radius 2 is 2.33 bits per heavy atom. The molecule has 116 valence electrons. The maximum atomic E-state index is 12.6. The second kappa shape index (κ2) is 7.07. The highest BCUT2D eigenvalue weighted by atomic mass is 16.5. The number of oxime groups is 1. The summed E-state index contributed by atoms with van der Waals surface area (Å²) in [6.07, 6.45) is 3.96. The molecule has 0 bridgehead atoms. The molecule has 3 N–H and O–H groups in total. The third kappa shape index (κ3) is 3.72. The van der Waals surface area contributed by atoms with E-state index in [9.17, 15) is 4.79 Å². The molecule has 0 saturated heterocycles. The molecule has 0 radical (unpaired) electrons. The number of ether oxygens (including phenoxy) is 1. The molecule has 1 heterocycles. The van der Waals surface area contributed by atoms with Crippen molar-refractivity contribution in [3.05, 3.63) is 17.5 Å². The first-order valence-corrected chi connectivity index (χ1v) is 6.87. The van der Waals surface area contributed by atoms with Gasteiger partial charge < -0.3 is 25.1 Å². The van der Waals surface area contributed by atoms with Gasteiger partial charge in [-0.1, -0.05) is 23.2 Å². The summed E-state index contributed by atoms with van der Waals surface area (Å²) in [7, 11) is 1.53. The summed E-state index contributed by atoms with van der Waals surface area (Å²) >= 11 is 0. The first kappa shape index (κ1) is 15.3. The minimum atomic E-state index is -0.278. The van der Waals surface area contributed by atoms with Crippen molar-refractivity contribution in [1.82, 2.24) is 10.1 Å². The molecule has 21 heavy (non-hydrogen) atoms. The number of hydrogen-bond donors (Lipinski definition) is 2. The van der Waals surface area contributed by atoms with Gasteiger partial charge in [0.1, 0.15) is 6.61 Å². The fraction of sp³-hybridized carbons (Fsp3) is 0.615. The molecule has 1 fully saturated rings. The van der Waals surface area contributed by atoms with Crippen LogP contribution in [0.1, 0.15) is 41.9 Å². The molecule has 1 aliphatic rings. The zero-order valence-electron chi connectivity index (χ0n) is 12.0. The van der Waals surface area contributed by atoms with E-state index in [0.717, 1.165) is 25.7 Å². The van der Waals surface area contributed by atoms with E-state index in [4.69, 9.17) is 20.2 Å². The number of nitrogens with zero attached hydrogens (tertiary/aromatic N) is 3. The summed E-state index contributed by atoms with van der Waals surface area (Å²) in [6.45, 7) is 0.330. The molecular weight excluding hydrogens is 276 g/mol. The molecule has 1 saturated carbocycles. The molecule has 0 spiro atoms. The highest BCUT2D eigenvalue weighted by Gasteiger charge is 2.30. The van der Waals surface area contributed by atoms with Crippen LogP contribution in [0, 0.1) is 0 Å². The number of rotatable bonds is 6.